The average Bonchev–Trinajstić information content (AvgIpc) is 2.47. The first kappa shape index (κ1) is 15.4. The highest BCUT2D eigenvalue weighted by molar-refractivity contribution is 5.33. The van der Waals surface area contributed by atoms with Gasteiger partial charge in [-0.1, -0.05) is 24.3 Å². The number of halogens is 2. The molecule has 0 aliphatic carbocycles. The van der Waals surface area contributed by atoms with Crippen molar-refractivity contribution in [3.63, 3.8) is 0 Å². The molecule has 0 spiro atoms. The summed E-state index contributed by atoms with van der Waals surface area (Å²) >= 11 is 0. The smallest absolute Gasteiger partial charge is 0.130 e. The molecule has 0 fully saturated rings. The number of benzene rings is 2. The van der Waals surface area contributed by atoms with E-state index in [-0.39, 0.29) is 18.2 Å². The van der Waals surface area contributed by atoms with Crippen molar-refractivity contribution in [3.05, 3.63) is 65.2 Å². The van der Waals surface area contributed by atoms with Gasteiger partial charge < -0.3 is 10.1 Å². The second-order valence-electron chi connectivity index (χ2n) is 5.00. The summed E-state index contributed by atoms with van der Waals surface area (Å²) in [6.45, 7) is 2.14. The van der Waals surface area contributed by atoms with E-state index in [1.807, 2.05) is 31.2 Å². The van der Waals surface area contributed by atoms with Gasteiger partial charge in [0.1, 0.15) is 17.4 Å². The summed E-state index contributed by atoms with van der Waals surface area (Å²) in [5.74, 6) is -0.220. The summed E-state index contributed by atoms with van der Waals surface area (Å²) in [6.07, 6.45) is 0.722. The molecule has 0 saturated heterocycles. The molecule has 2 aromatic rings. The maximum atomic E-state index is 13.5. The molecule has 1 atom stereocenters. The van der Waals surface area contributed by atoms with E-state index < -0.39 is 11.6 Å². The summed E-state index contributed by atoms with van der Waals surface area (Å²) in [6, 6.07) is 11.7. The summed E-state index contributed by atoms with van der Waals surface area (Å²) in [5.41, 5.74) is 1.14. The van der Waals surface area contributed by atoms with Crippen molar-refractivity contribution in [1.82, 2.24) is 5.32 Å². The molecule has 0 aliphatic heterocycles. The fraction of sp³-hybridized carbons (Fsp3) is 0.294. The fourth-order valence-electron chi connectivity index (χ4n) is 2.25. The maximum Gasteiger partial charge on any atom is 0.130 e. The summed E-state index contributed by atoms with van der Waals surface area (Å²) in [5, 5.41) is 3.14. The molecule has 1 unspecified atom stereocenters. The zero-order valence-corrected chi connectivity index (χ0v) is 12.2. The zero-order chi connectivity index (χ0) is 15.2. The van der Waals surface area contributed by atoms with Gasteiger partial charge in [-0.3, -0.25) is 0 Å². The fourth-order valence-corrected chi connectivity index (χ4v) is 2.25. The van der Waals surface area contributed by atoms with Gasteiger partial charge in [-0.05, 0) is 37.1 Å². The van der Waals surface area contributed by atoms with Gasteiger partial charge in [0.05, 0.1) is 7.11 Å². The maximum absolute atomic E-state index is 13.5. The Bertz CT molecular complexity index is 581. The Kier molecular flexibility index (Phi) is 5.28. The van der Waals surface area contributed by atoms with E-state index in [4.69, 9.17) is 4.74 Å². The topological polar surface area (TPSA) is 21.3 Å². The molecule has 2 rings (SSSR count). The molecule has 0 amide bonds. The molecule has 2 aromatic carbocycles. The minimum Gasteiger partial charge on any atom is -0.496 e. The summed E-state index contributed by atoms with van der Waals surface area (Å²) in [7, 11) is 1.63. The Morgan fingerprint density at radius 3 is 2.38 bits per heavy atom. The van der Waals surface area contributed by atoms with Crippen molar-refractivity contribution in [2.24, 2.45) is 0 Å². The van der Waals surface area contributed by atoms with Gasteiger partial charge in [-0.25, -0.2) is 8.78 Å². The van der Waals surface area contributed by atoms with E-state index in [0.29, 0.717) is 0 Å². The Balaban J connectivity index is 1.98. The summed E-state index contributed by atoms with van der Waals surface area (Å²) in [4.78, 5) is 0. The normalized spacial score (nSPS) is 12.2. The van der Waals surface area contributed by atoms with Crippen molar-refractivity contribution in [2.45, 2.75) is 25.9 Å². The number of rotatable bonds is 6. The molecule has 0 heterocycles. The highest BCUT2D eigenvalue weighted by atomic mass is 19.1. The van der Waals surface area contributed by atoms with E-state index in [1.165, 1.54) is 18.2 Å². The molecule has 4 heteroatoms. The molecule has 0 bridgehead atoms. The number of hydrogen-bond acceptors (Lipinski definition) is 2. The second kappa shape index (κ2) is 7.18. The largest absolute Gasteiger partial charge is 0.496 e. The average molecular weight is 291 g/mol. The highest BCUT2D eigenvalue weighted by Gasteiger charge is 2.11. The van der Waals surface area contributed by atoms with Crippen molar-refractivity contribution in [2.75, 3.05) is 7.11 Å². The Labute approximate surface area is 123 Å². The first-order valence-corrected chi connectivity index (χ1v) is 6.90. The standard InChI is InChI=1S/C17H19F2NO/c1-12(10-13-6-3-4-9-17(13)21-2)20-11-14-15(18)7-5-8-16(14)19/h3-9,12,20H,10-11H2,1-2H3. The third-order valence-electron chi connectivity index (χ3n) is 3.41. The number of hydrogen-bond donors (Lipinski definition) is 1. The molecule has 0 aliphatic rings. The van der Waals surface area contributed by atoms with Crippen LogP contribution in [0.25, 0.3) is 0 Å². The summed E-state index contributed by atoms with van der Waals surface area (Å²) < 4.78 is 32.4. The molecule has 0 radical (unpaired) electrons. The lowest BCUT2D eigenvalue weighted by atomic mass is 10.1. The van der Waals surface area contributed by atoms with Crippen LogP contribution < -0.4 is 10.1 Å². The van der Waals surface area contributed by atoms with Crippen molar-refractivity contribution < 1.29 is 13.5 Å². The van der Waals surface area contributed by atoms with E-state index in [2.05, 4.69) is 5.32 Å². The van der Waals surface area contributed by atoms with Gasteiger partial charge >= 0.3 is 0 Å². The van der Waals surface area contributed by atoms with Crippen LogP contribution in [0.4, 0.5) is 8.78 Å². The SMILES string of the molecule is COc1ccccc1CC(C)NCc1c(F)cccc1F. The van der Waals surface area contributed by atoms with Crippen LogP contribution in [0.1, 0.15) is 18.1 Å². The molecular weight excluding hydrogens is 272 g/mol. The minimum atomic E-state index is -0.521. The zero-order valence-electron chi connectivity index (χ0n) is 12.2. The van der Waals surface area contributed by atoms with Crippen LogP contribution in [0.15, 0.2) is 42.5 Å². The highest BCUT2D eigenvalue weighted by Crippen LogP contribution is 2.19. The monoisotopic (exact) mass is 291 g/mol. The van der Waals surface area contributed by atoms with E-state index in [1.54, 1.807) is 7.11 Å². The molecule has 1 N–H and O–H groups in total. The molecule has 21 heavy (non-hydrogen) atoms. The van der Waals surface area contributed by atoms with Gasteiger partial charge in [-0.15, -0.1) is 0 Å². The molecule has 2 nitrogen and oxygen atoms in total. The van der Waals surface area contributed by atoms with Crippen LogP contribution in [0.5, 0.6) is 5.75 Å². The van der Waals surface area contributed by atoms with Crippen LogP contribution in [-0.4, -0.2) is 13.2 Å². The minimum absolute atomic E-state index is 0.0697. The van der Waals surface area contributed by atoms with Crippen LogP contribution >= 0.6 is 0 Å². The van der Waals surface area contributed by atoms with Crippen molar-refractivity contribution >= 4 is 0 Å². The number of nitrogens with one attached hydrogen (secondary N) is 1. The van der Waals surface area contributed by atoms with Crippen molar-refractivity contribution in [1.29, 1.82) is 0 Å². The lowest BCUT2D eigenvalue weighted by molar-refractivity contribution is 0.405. The lowest BCUT2D eigenvalue weighted by Gasteiger charge is -2.16. The van der Waals surface area contributed by atoms with Gasteiger partial charge in [0.15, 0.2) is 0 Å². The van der Waals surface area contributed by atoms with Gasteiger partial charge in [-0.2, -0.15) is 0 Å². The second-order valence-corrected chi connectivity index (χ2v) is 5.00. The predicted octanol–water partition coefficient (Wildman–Crippen LogP) is 3.69. The van der Waals surface area contributed by atoms with Crippen LogP contribution in [0, 0.1) is 11.6 Å². The quantitative estimate of drug-likeness (QED) is 0.876. The molecule has 0 saturated carbocycles. The Hall–Kier alpha value is -1.94. The first-order valence-electron chi connectivity index (χ1n) is 6.90. The van der Waals surface area contributed by atoms with E-state index >= 15 is 0 Å². The molecular formula is C17H19F2NO. The van der Waals surface area contributed by atoms with E-state index in [0.717, 1.165) is 17.7 Å². The van der Waals surface area contributed by atoms with Crippen molar-refractivity contribution in [3.8, 4) is 5.75 Å². The predicted molar refractivity (Wildman–Crippen MR) is 79.4 cm³/mol. The Morgan fingerprint density at radius 2 is 1.71 bits per heavy atom. The lowest BCUT2D eigenvalue weighted by Crippen LogP contribution is -2.28. The van der Waals surface area contributed by atoms with E-state index in [9.17, 15) is 8.78 Å². The number of methoxy groups -OCH3 is 1. The van der Waals surface area contributed by atoms with Gasteiger partial charge in [0.2, 0.25) is 0 Å². The van der Waals surface area contributed by atoms with Crippen LogP contribution in [0.2, 0.25) is 0 Å². The third-order valence-corrected chi connectivity index (χ3v) is 3.41. The number of para-hydroxylation sites is 1. The van der Waals surface area contributed by atoms with Gasteiger partial charge in [0, 0.05) is 18.2 Å². The van der Waals surface area contributed by atoms with Crippen LogP contribution in [0.3, 0.4) is 0 Å². The molecule has 112 valence electrons. The third kappa shape index (κ3) is 4.02. The molecule has 0 aromatic heterocycles. The Morgan fingerprint density at radius 1 is 1.05 bits per heavy atom. The first-order chi connectivity index (χ1) is 10.1. The number of ether oxygens (including phenoxy) is 1. The van der Waals surface area contributed by atoms with Gasteiger partial charge in [0.25, 0.3) is 0 Å². The van der Waals surface area contributed by atoms with Crippen LogP contribution in [-0.2, 0) is 13.0 Å².